The summed E-state index contributed by atoms with van der Waals surface area (Å²) in [5, 5.41) is 15.9. The second-order valence-corrected chi connectivity index (χ2v) is 9.02. The molecule has 2 aromatic heterocycles. The average molecular weight is 458 g/mol. The molecule has 0 saturated carbocycles. The summed E-state index contributed by atoms with van der Waals surface area (Å²) in [6, 6.07) is 14.4. The third-order valence-electron chi connectivity index (χ3n) is 5.59. The smallest absolute Gasteiger partial charge is 0.230 e. The third kappa shape index (κ3) is 3.75. The van der Waals surface area contributed by atoms with E-state index < -0.39 is 0 Å². The molecule has 6 nitrogen and oxygen atoms in total. The lowest BCUT2D eigenvalue weighted by Crippen LogP contribution is -2.48. The molecule has 160 valence electrons. The Kier molecular flexibility index (Phi) is 5.29. The fraction of sp³-hybridized carbons (Fsp3) is 0.273. The number of para-hydroxylation sites is 1. The van der Waals surface area contributed by atoms with E-state index in [1.165, 1.54) is 21.9 Å². The molecule has 0 spiro atoms. The number of thiazole rings is 1. The Morgan fingerprint density at radius 2 is 1.87 bits per heavy atom. The van der Waals surface area contributed by atoms with Crippen molar-refractivity contribution < 1.29 is 9.50 Å². The first kappa shape index (κ1) is 20.2. The molecule has 5 rings (SSSR count). The van der Waals surface area contributed by atoms with E-state index in [1.54, 1.807) is 13.0 Å². The molecule has 31 heavy (non-hydrogen) atoms. The topological polar surface area (TPSA) is 56.9 Å². The van der Waals surface area contributed by atoms with Gasteiger partial charge in [-0.2, -0.15) is 4.52 Å². The van der Waals surface area contributed by atoms with Crippen LogP contribution < -0.4 is 4.90 Å². The summed E-state index contributed by atoms with van der Waals surface area (Å²) in [5.74, 6) is 0.508. The summed E-state index contributed by atoms with van der Waals surface area (Å²) in [7, 11) is 0. The SMILES string of the molecule is Cc1nc2sc([C@@H](c3cccc(Cl)c3)N3CCN(c4ccccc4F)CC3)c(O)n2n1. The van der Waals surface area contributed by atoms with E-state index >= 15 is 0 Å². The highest BCUT2D eigenvalue weighted by Gasteiger charge is 2.32. The maximum Gasteiger partial charge on any atom is 0.230 e. The number of anilines is 1. The van der Waals surface area contributed by atoms with Crippen LogP contribution in [0.1, 0.15) is 22.3 Å². The van der Waals surface area contributed by atoms with Gasteiger partial charge in [0.1, 0.15) is 11.6 Å². The Bertz CT molecular complexity index is 1230. The van der Waals surface area contributed by atoms with Gasteiger partial charge in [-0.25, -0.2) is 9.37 Å². The van der Waals surface area contributed by atoms with Crippen molar-refractivity contribution in [2.24, 2.45) is 0 Å². The molecule has 1 saturated heterocycles. The van der Waals surface area contributed by atoms with Crippen LogP contribution in [-0.2, 0) is 0 Å². The number of hydrogen-bond donors (Lipinski definition) is 1. The average Bonchev–Trinajstić information content (AvgIpc) is 3.27. The van der Waals surface area contributed by atoms with Gasteiger partial charge in [0.05, 0.1) is 16.6 Å². The molecule has 0 unspecified atom stereocenters. The second kappa shape index (κ2) is 8.11. The number of aryl methyl sites for hydroxylation is 1. The van der Waals surface area contributed by atoms with Crippen molar-refractivity contribution >= 4 is 33.6 Å². The number of aromatic nitrogens is 3. The van der Waals surface area contributed by atoms with Crippen LogP contribution in [0.4, 0.5) is 10.1 Å². The summed E-state index contributed by atoms with van der Waals surface area (Å²) in [6.07, 6.45) is 0. The van der Waals surface area contributed by atoms with Crippen molar-refractivity contribution in [3.63, 3.8) is 0 Å². The van der Waals surface area contributed by atoms with Gasteiger partial charge in [0.25, 0.3) is 0 Å². The van der Waals surface area contributed by atoms with E-state index in [0.29, 0.717) is 47.7 Å². The zero-order chi connectivity index (χ0) is 21.5. The van der Waals surface area contributed by atoms with Gasteiger partial charge in [-0.1, -0.05) is 47.2 Å². The Balaban J connectivity index is 1.49. The lowest BCUT2D eigenvalue weighted by atomic mass is 10.0. The highest BCUT2D eigenvalue weighted by atomic mass is 35.5. The van der Waals surface area contributed by atoms with Crippen LogP contribution in [0.3, 0.4) is 0 Å². The van der Waals surface area contributed by atoms with Crippen LogP contribution >= 0.6 is 22.9 Å². The van der Waals surface area contributed by atoms with Gasteiger partial charge in [-0.05, 0) is 36.8 Å². The van der Waals surface area contributed by atoms with Gasteiger partial charge in [-0.15, -0.1) is 5.10 Å². The molecular formula is C22H21ClFN5OS. The monoisotopic (exact) mass is 457 g/mol. The van der Waals surface area contributed by atoms with E-state index in [0.717, 1.165) is 10.4 Å². The number of halogens is 2. The standard InChI is InChI=1S/C22H21ClFN5OS/c1-14-25-22-29(26-14)21(30)20(31-22)19(15-5-4-6-16(23)13-15)28-11-9-27(10-12-28)18-8-3-2-7-17(18)24/h2-8,13,19,30H,9-12H2,1H3/t19-/m1/s1. The molecule has 0 radical (unpaired) electrons. The van der Waals surface area contributed by atoms with Gasteiger partial charge >= 0.3 is 0 Å². The molecule has 1 N–H and O–H groups in total. The van der Waals surface area contributed by atoms with E-state index in [-0.39, 0.29) is 17.7 Å². The molecule has 3 heterocycles. The van der Waals surface area contributed by atoms with Crippen LogP contribution in [0.15, 0.2) is 48.5 Å². The predicted octanol–water partition coefficient (Wildman–Crippen LogP) is 4.51. The molecule has 1 aliphatic rings. The summed E-state index contributed by atoms with van der Waals surface area (Å²) < 4.78 is 15.7. The van der Waals surface area contributed by atoms with Crippen molar-refractivity contribution in [3.8, 4) is 5.88 Å². The number of fused-ring (bicyclic) bond motifs is 1. The fourth-order valence-electron chi connectivity index (χ4n) is 4.16. The normalized spacial score (nSPS) is 16.2. The molecule has 9 heteroatoms. The Morgan fingerprint density at radius 1 is 1.10 bits per heavy atom. The van der Waals surface area contributed by atoms with Crippen LogP contribution in [0.5, 0.6) is 5.88 Å². The minimum absolute atomic E-state index is 0.0992. The Hall–Kier alpha value is -2.68. The molecular weight excluding hydrogens is 437 g/mol. The number of rotatable bonds is 4. The third-order valence-corrected chi connectivity index (χ3v) is 6.90. The van der Waals surface area contributed by atoms with Gasteiger partial charge < -0.3 is 10.0 Å². The zero-order valence-electron chi connectivity index (χ0n) is 16.9. The number of aromatic hydroxyl groups is 1. The van der Waals surface area contributed by atoms with Gasteiger partial charge in [0.2, 0.25) is 10.8 Å². The predicted molar refractivity (Wildman–Crippen MR) is 121 cm³/mol. The van der Waals surface area contributed by atoms with Crippen molar-refractivity contribution in [1.82, 2.24) is 19.5 Å². The minimum atomic E-state index is -0.207. The van der Waals surface area contributed by atoms with Crippen LogP contribution in [-0.4, -0.2) is 50.8 Å². The lowest BCUT2D eigenvalue weighted by Gasteiger charge is -2.40. The number of benzene rings is 2. The summed E-state index contributed by atoms with van der Waals surface area (Å²) >= 11 is 7.72. The van der Waals surface area contributed by atoms with E-state index in [4.69, 9.17) is 11.6 Å². The molecule has 2 aromatic carbocycles. The van der Waals surface area contributed by atoms with Crippen LogP contribution in [0.2, 0.25) is 5.02 Å². The minimum Gasteiger partial charge on any atom is -0.492 e. The van der Waals surface area contributed by atoms with E-state index in [2.05, 4.69) is 19.9 Å². The van der Waals surface area contributed by atoms with Crippen molar-refractivity contribution in [1.29, 1.82) is 0 Å². The first-order valence-electron chi connectivity index (χ1n) is 10.1. The molecule has 0 amide bonds. The maximum atomic E-state index is 14.3. The first-order chi connectivity index (χ1) is 15.0. The van der Waals surface area contributed by atoms with Crippen molar-refractivity contribution in [2.45, 2.75) is 13.0 Å². The van der Waals surface area contributed by atoms with Crippen LogP contribution in [0.25, 0.3) is 4.96 Å². The molecule has 4 aromatic rings. The lowest BCUT2D eigenvalue weighted by molar-refractivity contribution is 0.210. The Morgan fingerprint density at radius 3 is 2.58 bits per heavy atom. The summed E-state index contributed by atoms with van der Waals surface area (Å²) in [4.78, 5) is 10.2. The summed E-state index contributed by atoms with van der Waals surface area (Å²) in [5.41, 5.74) is 1.61. The second-order valence-electron chi connectivity index (χ2n) is 7.58. The number of piperazine rings is 1. The maximum absolute atomic E-state index is 14.3. The van der Waals surface area contributed by atoms with E-state index in [1.807, 2.05) is 36.4 Å². The van der Waals surface area contributed by atoms with Gasteiger partial charge in [0, 0.05) is 31.2 Å². The molecule has 0 bridgehead atoms. The molecule has 1 aliphatic heterocycles. The van der Waals surface area contributed by atoms with Gasteiger partial charge in [0.15, 0.2) is 0 Å². The molecule has 1 atom stereocenters. The van der Waals surface area contributed by atoms with Gasteiger partial charge in [-0.3, -0.25) is 4.90 Å². The highest BCUT2D eigenvalue weighted by Crippen LogP contribution is 2.41. The van der Waals surface area contributed by atoms with Crippen molar-refractivity contribution in [2.75, 3.05) is 31.1 Å². The Labute approximate surface area is 188 Å². The van der Waals surface area contributed by atoms with Crippen LogP contribution in [0, 0.1) is 12.7 Å². The largest absolute Gasteiger partial charge is 0.492 e. The first-order valence-corrected chi connectivity index (χ1v) is 11.2. The quantitative estimate of drug-likeness (QED) is 0.488. The number of hydrogen-bond acceptors (Lipinski definition) is 6. The highest BCUT2D eigenvalue weighted by molar-refractivity contribution is 7.17. The molecule has 0 aliphatic carbocycles. The van der Waals surface area contributed by atoms with E-state index in [9.17, 15) is 9.50 Å². The molecule has 1 fully saturated rings. The zero-order valence-corrected chi connectivity index (χ0v) is 18.4. The summed E-state index contributed by atoms with van der Waals surface area (Å²) in [6.45, 7) is 4.57. The fourth-order valence-corrected chi connectivity index (χ4v) is 5.52. The van der Waals surface area contributed by atoms with Crippen molar-refractivity contribution in [3.05, 3.63) is 75.6 Å². The number of nitrogens with zero attached hydrogens (tertiary/aromatic N) is 5.